The van der Waals surface area contributed by atoms with Gasteiger partial charge >= 0.3 is 6.18 Å². The number of likely N-dealkylation sites (N-methyl/N-ethyl adjacent to an activating group) is 1. The van der Waals surface area contributed by atoms with Crippen LogP contribution in [0.2, 0.25) is 0 Å². The highest BCUT2D eigenvalue weighted by molar-refractivity contribution is 8.04. The number of rotatable bonds is 3. The van der Waals surface area contributed by atoms with E-state index >= 15 is 0 Å². The van der Waals surface area contributed by atoms with Gasteiger partial charge in [0.1, 0.15) is 0 Å². The average molecular weight is 558 g/mol. The Balaban J connectivity index is 1.21. The highest BCUT2D eigenvalue weighted by Gasteiger charge is 2.44. The number of fused-ring (bicyclic) bond motifs is 1. The molecule has 2 saturated heterocycles. The van der Waals surface area contributed by atoms with Gasteiger partial charge in [-0.2, -0.15) is 13.2 Å². The lowest BCUT2D eigenvalue weighted by molar-refractivity contribution is -0.139. The molecular formula is C30H34F3N3O2S. The number of aryl methyl sites for hydroxylation is 1. The molecule has 4 unspecified atom stereocenters. The smallest absolute Gasteiger partial charge is 0.365 e. The van der Waals surface area contributed by atoms with Crippen molar-refractivity contribution in [3.63, 3.8) is 0 Å². The van der Waals surface area contributed by atoms with Gasteiger partial charge in [0, 0.05) is 55.6 Å². The third kappa shape index (κ3) is 5.83. The largest absolute Gasteiger partial charge is 0.416 e. The molecule has 5 rings (SSSR count). The van der Waals surface area contributed by atoms with Gasteiger partial charge in [-0.05, 0) is 74.6 Å². The van der Waals surface area contributed by atoms with Crippen molar-refractivity contribution >= 4 is 35.3 Å². The molecule has 5 nitrogen and oxygen atoms in total. The van der Waals surface area contributed by atoms with Crippen LogP contribution < -0.4 is 4.90 Å². The zero-order valence-electron chi connectivity index (χ0n) is 22.4. The Labute approximate surface area is 232 Å². The van der Waals surface area contributed by atoms with E-state index in [1.165, 1.54) is 35.1 Å². The molecule has 2 heterocycles. The number of hydrogen-bond acceptors (Lipinski definition) is 4. The van der Waals surface area contributed by atoms with E-state index in [0.717, 1.165) is 31.5 Å². The van der Waals surface area contributed by atoms with Gasteiger partial charge in [0.2, 0.25) is 5.91 Å². The zero-order chi connectivity index (χ0) is 27.9. The van der Waals surface area contributed by atoms with Crippen molar-refractivity contribution in [2.24, 2.45) is 5.92 Å². The topological polar surface area (TPSA) is 43.9 Å². The molecule has 9 heteroatoms. The summed E-state index contributed by atoms with van der Waals surface area (Å²) in [5, 5.41) is 0.162. The molecule has 39 heavy (non-hydrogen) atoms. The molecule has 0 spiro atoms. The minimum atomic E-state index is -4.39. The third-order valence-corrected chi connectivity index (χ3v) is 9.62. The van der Waals surface area contributed by atoms with Gasteiger partial charge in [-0.3, -0.25) is 9.59 Å². The summed E-state index contributed by atoms with van der Waals surface area (Å²) < 4.78 is 38.7. The molecule has 3 fully saturated rings. The van der Waals surface area contributed by atoms with Crippen molar-refractivity contribution in [1.82, 2.24) is 9.80 Å². The summed E-state index contributed by atoms with van der Waals surface area (Å²) in [5.74, 6) is -0.0731. The number of halogens is 3. The Morgan fingerprint density at radius 2 is 1.82 bits per heavy atom. The second-order valence-corrected chi connectivity index (χ2v) is 12.2. The number of carbonyl (C=O) groups excluding carboxylic acids is 2. The van der Waals surface area contributed by atoms with E-state index < -0.39 is 11.7 Å². The lowest BCUT2D eigenvalue weighted by Crippen LogP contribution is -2.57. The third-order valence-electron chi connectivity index (χ3n) is 8.22. The first kappa shape index (κ1) is 27.6. The lowest BCUT2D eigenvalue weighted by atomic mass is 9.83. The monoisotopic (exact) mass is 557 g/mol. The maximum Gasteiger partial charge on any atom is 0.416 e. The fraction of sp³-hybridized carbons (Fsp3) is 0.467. The van der Waals surface area contributed by atoms with Crippen LogP contribution in [0.1, 0.15) is 42.9 Å². The van der Waals surface area contributed by atoms with Gasteiger partial charge in [-0.25, -0.2) is 0 Å². The number of nitrogens with zero attached hydrogens (tertiary/aromatic N) is 3. The number of carbonyl (C=O) groups is 2. The number of thioether (sulfide) groups is 1. The van der Waals surface area contributed by atoms with E-state index in [-0.39, 0.29) is 35.1 Å². The predicted octanol–water partition coefficient (Wildman–Crippen LogP) is 5.83. The van der Waals surface area contributed by atoms with Crippen LogP contribution in [0.25, 0.3) is 6.08 Å². The summed E-state index contributed by atoms with van der Waals surface area (Å²) in [5.41, 5.74) is 2.26. The van der Waals surface area contributed by atoms with Crippen molar-refractivity contribution < 1.29 is 22.8 Å². The molecule has 2 amide bonds. The molecule has 2 aliphatic heterocycles. The number of amides is 2. The maximum absolute atomic E-state index is 13.6. The Hall–Kier alpha value is -2.94. The number of piperazine rings is 1. The molecule has 2 aromatic carbocycles. The molecule has 0 radical (unpaired) electrons. The number of alkyl halides is 3. The fourth-order valence-electron chi connectivity index (χ4n) is 6.05. The summed E-state index contributed by atoms with van der Waals surface area (Å²) >= 11 is 1.50. The van der Waals surface area contributed by atoms with Crippen LogP contribution in [0.15, 0.2) is 53.4 Å². The van der Waals surface area contributed by atoms with Crippen LogP contribution in [0.4, 0.5) is 18.9 Å². The van der Waals surface area contributed by atoms with E-state index in [0.29, 0.717) is 30.0 Å². The van der Waals surface area contributed by atoms with Crippen molar-refractivity contribution in [2.75, 3.05) is 31.6 Å². The maximum atomic E-state index is 13.6. The summed E-state index contributed by atoms with van der Waals surface area (Å²) in [4.78, 5) is 33.4. The molecule has 0 N–H and O–H groups in total. The molecule has 4 atom stereocenters. The Morgan fingerprint density at radius 3 is 2.49 bits per heavy atom. The van der Waals surface area contributed by atoms with E-state index in [1.54, 1.807) is 18.0 Å². The first-order valence-corrected chi connectivity index (χ1v) is 14.3. The van der Waals surface area contributed by atoms with Crippen LogP contribution in [-0.4, -0.2) is 65.6 Å². The Kier molecular flexibility index (Phi) is 7.73. The minimum absolute atomic E-state index is 0.0408. The van der Waals surface area contributed by atoms with E-state index in [2.05, 4.69) is 43.0 Å². The SMILES string of the molecule is Cc1cccc(N2CCN(C(=O)C3CCC4S/C(=C\c5ccc(C(F)(F)F)cc5)C(=O)N(C)C4C3)CC2C)c1. The molecule has 1 saturated carbocycles. The number of anilines is 1. The molecule has 1 aliphatic carbocycles. The highest BCUT2D eigenvalue weighted by atomic mass is 32.2. The van der Waals surface area contributed by atoms with Gasteiger partial charge in [0.05, 0.1) is 10.5 Å². The zero-order valence-corrected chi connectivity index (χ0v) is 23.3. The van der Waals surface area contributed by atoms with Crippen molar-refractivity contribution in [2.45, 2.75) is 56.6 Å². The molecular weight excluding hydrogens is 523 g/mol. The van der Waals surface area contributed by atoms with E-state index in [9.17, 15) is 22.8 Å². The van der Waals surface area contributed by atoms with Crippen molar-refractivity contribution in [1.29, 1.82) is 0 Å². The van der Waals surface area contributed by atoms with Crippen LogP contribution >= 0.6 is 11.8 Å². The van der Waals surface area contributed by atoms with Crippen LogP contribution in [0.5, 0.6) is 0 Å². The van der Waals surface area contributed by atoms with Gasteiger partial charge in [-0.15, -0.1) is 11.8 Å². The van der Waals surface area contributed by atoms with Gasteiger partial charge < -0.3 is 14.7 Å². The number of hydrogen-bond donors (Lipinski definition) is 0. The van der Waals surface area contributed by atoms with E-state index in [4.69, 9.17) is 0 Å². The molecule has 0 aromatic heterocycles. The summed E-state index contributed by atoms with van der Waals surface area (Å²) in [6.07, 6.45) is -0.496. The van der Waals surface area contributed by atoms with Crippen molar-refractivity contribution in [3.05, 3.63) is 70.1 Å². The van der Waals surface area contributed by atoms with Gasteiger partial charge in [-0.1, -0.05) is 24.3 Å². The molecule has 208 valence electrons. The normalized spacial score (nSPS) is 27.1. The molecule has 3 aliphatic rings. The second kappa shape index (κ2) is 10.9. The second-order valence-electron chi connectivity index (χ2n) is 10.9. The summed E-state index contributed by atoms with van der Waals surface area (Å²) in [6, 6.07) is 13.5. The highest BCUT2D eigenvalue weighted by Crippen LogP contribution is 2.44. The molecule has 0 bridgehead atoms. The van der Waals surface area contributed by atoms with Crippen LogP contribution in [-0.2, 0) is 15.8 Å². The van der Waals surface area contributed by atoms with E-state index in [1.807, 2.05) is 4.90 Å². The first-order chi connectivity index (χ1) is 18.5. The van der Waals surface area contributed by atoms with Crippen LogP contribution in [0, 0.1) is 12.8 Å². The minimum Gasteiger partial charge on any atom is -0.365 e. The van der Waals surface area contributed by atoms with Crippen molar-refractivity contribution in [3.8, 4) is 0 Å². The number of benzene rings is 2. The Bertz CT molecular complexity index is 1260. The summed E-state index contributed by atoms with van der Waals surface area (Å²) in [6.45, 7) is 6.41. The Morgan fingerprint density at radius 1 is 1.08 bits per heavy atom. The molecule has 2 aromatic rings. The lowest BCUT2D eigenvalue weighted by Gasteiger charge is -2.46. The predicted molar refractivity (Wildman–Crippen MR) is 149 cm³/mol. The van der Waals surface area contributed by atoms with Crippen LogP contribution in [0.3, 0.4) is 0 Å². The quantitative estimate of drug-likeness (QED) is 0.445. The van der Waals surface area contributed by atoms with Gasteiger partial charge in [0.25, 0.3) is 5.91 Å². The first-order valence-electron chi connectivity index (χ1n) is 13.5. The average Bonchev–Trinajstić information content (AvgIpc) is 2.91. The summed E-state index contributed by atoms with van der Waals surface area (Å²) in [7, 11) is 1.77. The fourth-order valence-corrected chi connectivity index (χ4v) is 7.53. The van der Waals surface area contributed by atoms with Gasteiger partial charge in [0.15, 0.2) is 0 Å². The standard InChI is InChI=1S/C30H34F3N3O2S/c1-19-5-4-6-24(15-19)36-14-13-35(18-20(36)2)28(37)22-9-12-26-25(17-22)34(3)29(38)27(39-26)16-21-7-10-23(11-8-21)30(31,32)33/h4-8,10-11,15-16,20,22,25-26H,9,12-14,17-18H2,1-3H3/b27-16-.